The largest absolute Gasteiger partial charge is 0.273 e. The molecule has 2 aliphatic rings. The second kappa shape index (κ2) is 5.19. The van der Waals surface area contributed by atoms with E-state index in [2.05, 4.69) is 36.9 Å². The van der Waals surface area contributed by atoms with E-state index in [0.717, 1.165) is 12.8 Å². The number of nitrogens with one attached hydrogen (secondary N) is 2. The van der Waals surface area contributed by atoms with Crippen molar-refractivity contribution in [3.8, 4) is 0 Å². The molecule has 4 nitrogen and oxygen atoms in total. The second-order valence-electron chi connectivity index (χ2n) is 6.00. The van der Waals surface area contributed by atoms with Gasteiger partial charge in [-0.3, -0.25) is 20.4 Å². The molecule has 0 saturated carbocycles. The van der Waals surface area contributed by atoms with E-state index in [0.29, 0.717) is 12.8 Å². The molecule has 1 unspecified atom stereocenters. The first-order valence-corrected chi connectivity index (χ1v) is 6.85. The fraction of sp³-hybridized carbons (Fsp3) is 0.600. The van der Waals surface area contributed by atoms with Gasteiger partial charge >= 0.3 is 0 Å². The number of carbonyl (C=O) groups is 2. The number of rotatable bonds is 3. The molecule has 0 aromatic rings. The van der Waals surface area contributed by atoms with E-state index in [1.165, 1.54) is 11.1 Å². The molecule has 4 heteroatoms. The maximum Gasteiger partial charge on any atom is 0.245 e. The number of hydrogen-bond donors (Lipinski definition) is 2. The smallest absolute Gasteiger partial charge is 0.245 e. The second-order valence-corrected chi connectivity index (χ2v) is 6.00. The minimum atomic E-state index is -0.581. The Balaban J connectivity index is 2.08. The highest BCUT2D eigenvalue weighted by atomic mass is 16.2. The Bertz CT molecular complexity index is 461. The first-order valence-electron chi connectivity index (χ1n) is 6.85. The molecule has 2 amide bonds. The number of hydrogen-bond acceptors (Lipinski definition) is 2. The predicted octanol–water partition coefficient (Wildman–Crippen LogP) is 2.24. The molecule has 0 aromatic heterocycles. The van der Waals surface area contributed by atoms with Gasteiger partial charge in [0.25, 0.3) is 0 Å². The summed E-state index contributed by atoms with van der Waals surface area (Å²) in [6.45, 7) is 6.06. The zero-order valence-corrected chi connectivity index (χ0v) is 11.9. The van der Waals surface area contributed by atoms with Gasteiger partial charge in [-0.15, -0.1) is 0 Å². The van der Waals surface area contributed by atoms with Crippen molar-refractivity contribution in [2.45, 2.75) is 46.5 Å². The summed E-state index contributed by atoms with van der Waals surface area (Å²) in [5.41, 5.74) is 6.97. The van der Waals surface area contributed by atoms with Gasteiger partial charge in [-0.2, -0.15) is 0 Å². The van der Waals surface area contributed by atoms with Gasteiger partial charge in [0.05, 0.1) is 11.3 Å². The van der Waals surface area contributed by atoms with Crippen LogP contribution in [-0.2, 0) is 9.59 Å². The van der Waals surface area contributed by atoms with Crippen molar-refractivity contribution in [2.75, 3.05) is 0 Å². The molecule has 1 saturated heterocycles. The van der Waals surface area contributed by atoms with Gasteiger partial charge in [0.1, 0.15) is 0 Å². The predicted molar refractivity (Wildman–Crippen MR) is 73.9 cm³/mol. The number of amides is 2. The van der Waals surface area contributed by atoms with Crippen LogP contribution in [0.4, 0.5) is 0 Å². The number of allylic oxidation sites excluding steroid dienone is 4. The average Bonchev–Trinajstić information content (AvgIpc) is 2.35. The van der Waals surface area contributed by atoms with Crippen LogP contribution >= 0.6 is 0 Å². The van der Waals surface area contributed by atoms with Crippen LogP contribution in [-0.4, -0.2) is 11.8 Å². The van der Waals surface area contributed by atoms with Crippen LogP contribution < -0.4 is 10.9 Å². The molecule has 1 aliphatic heterocycles. The molecule has 1 aliphatic carbocycles. The summed E-state index contributed by atoms with van der Waals surface area (Å²) in [5, 5.41) is 0. The van der Waals surface area contributed by atoms with Crippen molar-refractivity contribution in [1.82, 2.24) is 10.9 Å². The van der Waals surface area contributed by atoms with E-state index < -0.39 is 5.41 Å². The molecule has 0 bridgehead atoms. The van der Waals surface area contributed by atoms with Gasteiger partial charge in [0, 0.05) is 0 Å². The SMILES string of the molecule is CC(C)=CCCC1=CC[C@]2(C)C(=O)NNC(=O)C2C1. The van der Waals surface area contributed by atoms with Crippen LogP contribution in [0, 0.1) is 11.3 Å². The minimum Gasteiger partial charge on any atom is -0.273 e. The highest BCUT2D eigenvalue weighted by Gasteiger charge is 2.49. The molecule has 2 N–H and O–H groups in total. The summed E-state index contributed by atoms with van der Waals surface area (Å²) in [7, 11) is 0. The van der Waals surface area contributed by atoms with Crippen molar-refractivity contribution >= 4 is 11.8 Å². The van der Waals surface area contributed by atoms with E-state index in [1.807, 2.05) is 6.92 Å². The quantitative estimate of drug-likeness (QED) is 0.766. The minimum absolute atomic E-state index is 0.0603. The first kappa shape index (κ1) is 13.8. The molecule has 0 radical (unpaired) electrons. The van der Waals surface area contributed by atoms with Crippen LogP contribution in [0.1, 0.15) is 46.5 Å². The van der Waals surface area contributed by atoms with Gasteiger partial charge in [-0.1, -0.05) is 23.3 Å². The first-order chi connectivity index (χ1) is 8.93. The van der Waals surface area contributed by atoms with E-state index >= 15 is 0 Å². The Hall–Kier alpha value is -1.58. The highest BCUT2D eigenvalue weighted by molar-refractivity contribution is 5.95. The maximum atomic E-state index is 11.9. The molecular weight excluding hydrogens is 240 g/mol. The Labute approximate surface area is 114 Å². The molecule has 19 heavy (non-hydrogen) atoms. The van der Waals surface area contributed by atoms with Gasteiger partial charge in [-0.25, -0.2) is 0 Å². The molecule has 1 fully saturated rings. The van der Waals surface area contributed by atoms with Gasteiger partial charge in [0.15, 0.2) is 0 Å². The van der Waals surface area contributed by atoms with Crippen LogP contribution in [0.2, 0.25) is 0 Å². The Morgan fingerprint density at radius 3 is 2.84 bits per heavy atom. The lowest BCUT2D eigenvalue weighted by molar-refractivity contribution is -0.150. The van der Waals surface area contributed by atoms with Gasteiger partial charge in [-0.05, 0) is 46.5 Å². The summed E-state index contributed by atoms with van der Waals surface area (Å²) >= 11 is 0. The Kier molecular flexibility index (Phi) is 3.78. The zero-order chi connectivity index (χ0) is 14.0. The molecule has 104 valence electrons. The van der Waals surface area contributed by atoms with Crippen molar-refractivity contribution < 1.29 is 9.59 Å². The molecule has 2 rings (SSSR count). The third-order valence-corrected chi connectivity index (χ3v) is 4.20. The summed E-state index contributed by atoms with van der Waals surface area (Å²) in [6.07, 6.45) is 7.70. The Morgan fingerprint density at radius 1 is 1.42 bits per heavy atom. The van der Waals surface area contributed by atoms with Crippen LogP contribution in [0.25, 0.3) is 0 Å². The van der Waals surface area contributed by atoms with E-state index in [-0.39, 0.29) is 17.7 Å². The van der Waals surface area contributed by atoms with Crippen molar-refractivity contribution in [2.24, 2.45) is 11.3 Å². The summed E-state index contributed by atoms with van der Waals surface area (Å²) in [4.78, 5) is 23.9. The van der Waals surface area contributed by atoms with E-state index in [9.17, 15) is 9.59 Å². The fourth-order valence-corrected chi connectivity index (χ4v) is 2.80. The third kappa shape index (κ3) is 2.72. The van der Waals surface area contributed by atoms with Crippen molar-refractivity contribution in [3.63, 3.8) is 0 Å². The monoisotopic (exact) mass is 262 g/mol. The lowest BCUT2D eigenvalue weighted by atomic mass is 9.66. The number of fused-ring (bicyclic) bond motifs is 1. The topological polar surface area (TPSA) is 58.2 Å². The van der Waals surface area contributed by atoms with E-state index in [1.54, 1.807) is 0 Å². The maximum absolute atomic E-state index is 11.9. The number of hydrazine groups is 1. The van der Waals surface area contributed by atoms with Gasteiger partial charge in [0.2, 0.25) is 11.8 Å². The molecule has 0 spiro atoms. The highest BCUT2D eigenvalue weighted by Crippen LogP contribution is 2.43. The summed E-state index contributed by atoms with van der Waals surface area (Å²) in [5.74, 6) is -0.362. The Morgan fingerprint density at radius 2 is 2.16 bits per heavy atom. The summed E-state index contributed by atoms with van der Waals surface area (Å²) in [6, 6.07) is 0. The standard InChI is InChI=1S/C15H22N2O2/c1-10(2)5-4-6-11-7-8-15(3)12(9-11)13(18)16-17-14(15)19/h5,7,12H,4,6,8-9H2,1-3H3,(H,16,18)(H,17,19)/t12?,15-/m0/s1. The van der Waals surface area contributed by atoms with Crippen LogP contribution in [0.3, 0.4) is 0 Å². The van der Waals surface area contributed by atoms with Crippen LogP contribution in [0.15, 0.2) is 23.3 Å². The lowest BCUT2D eigenvalue weighted by Crippen LogP contribution is -2.61. The van der Waals surface area contributed by atoms with Crippen molar-refractivity contribution in [1.29, 1.82) is 0 Å². The normalized spacial score (nSPS) is 29.8. The molecular formula is C15H22N2O2. The number of carbonyl (C=O) groups excluding carboxylic acids is 2. The molecule has 2 atom stereocenters. The molecule has 1 heterocycles. The summed E-state index contributed by atoms with van der Waals surface area (Å²) < 4.78 is 0. The van der Waals surface area contributed by atoms with E-state index in [4.69, 9.17) is 0 Å². The lowest BCUT2D eigenvalue weighted by Gasteiger charge is -2.41. The third-order valence-electron chi connectivity index (χ3n) is 4.20. The van der Waals surface area contributed by atoms with Crippen LogP contribution in [0.5, 0.6) is 0 Å². The zero-order valence-electron chi connectivity index (χ0n) is 11.9. The fourth-order valence-electron chi connectivity index (χ4n) is 2.80. The molecule has 0 aromatic carbocycles. The average molecular weight is 262 g/mol. The van der Waals surface area contributed by atoms with Gasteiger partial charge < -0.3 is 0 Å². The van der Waals surface area contributed by atoms with Crippen molar-refractivity contribution in [3.05, 3.63) is 23.3 Å².